The van der Waals surface area contributed by atoms with Crippen molar-refractivity contribution in [2.45, 2.75) is 13.0 Å². The van der Waals surface area contributed by atoms with Crippen LogP contribution >= 0.6 is 11.6 Å². The second-order valence-electron chi connectivity index (χ2n) is 2.45. The van der Waals surface area contributed by atoms with E-state index in [-0.39, 0.29) is 6.10 Å². The molecule has 1 atom stereocenters. The number of carbonyl (C=O) groups is 1. The molecule has 0 aliphatic rings. The standard InChI is InChI=1S/C7H9ClN2O2/c1-5(12-7(8)11)6-3-9-10(2)4-6/h3-5H,1-2H3. The van der Waals surface area contributed by atoms with Gasteiger partial charge in [-0.05, 0) is 6.92 Å². The van der Waals surface area contributed by atoms with Crippen molar-refractivity contribution in [2.75, 3.05) is 0 Å². The molecule has 5 heteroatoms. The molecule has 66 valence electrons. The Morgan fingerprint density at radius 3 is 2.92 bits per heavy atom. The van der Waals surface area contributed by atoms with Crippen molar-refractivity contribution in [3.05, 3.63) is 18.0 Å². The van der Waals surface area contributed by atoms with Crippen LogP contribution in [0.4, 0.5) is 4.79 Å². The highest BCUT2D eigenvalue weighted by molar-refractivity contribution is 6.61. The van der Waals surface area contributed by atoms with Crippen molar-refractivity contribution >= 4 is 17.0 Å². The minimum atomic E-state index is -0.800. The number of nitrogens with zero attached hydrogens (tertiary/aromatic N) is 2. The third-order valence-corrected chi connectivity index (χ3v) is 1.55. The van der Waals surface area contributed by atoms with Gasteiger partial charge >= 0.3 is 5.43 Å². The van der Waals surface area contributed by atoms with Gasteiger partial charge in [-0.25, -0.2) is 4.79 Å². The Morgan fingerprint density at radius 1 is 1.83 bits per heavy atom. The van der Waals surface area contributed by atoms with E-state index in [1.165, 1.54) is 0 Å². The van der Waals surface area contributed by atoms with Gasteiger partial charge in [0.15, 0.2) is 0 Å². The number of hydrogen-bond donors (Lipinski definition) is 0. The van der Waals surface area contributed by atoms with E-state index in [1.807, 2.05) is 0 Å². The van der Waals surface area contributed by atoms with E-state index in [4.69, 9.17) is 16.3 Å². The molecular formula is C7H9ClN2O2. The van der Waals surface area contributed by atoms with Gasteiger partial charge in [0.1, 0.15) is 6.10 Å². The number of hydrogen-bond acceptors (Lipinski definition) is 3. The monoisotopic (exact) mass is 188 g/mol. The molecule has 0 fully saturated rings. The summed E-state index contributed by atoms with van der Waals surface area (Å²) in [7, 11) is 1.79. The lowest BCUT2D eigenvalue weighted by Gasteiger charge is -2.06. The Kier molecular flexibility index (Phi) is 2.70. The third-order valence-electron chi connectivity index (χ3n) is 1.46. The number of ether oxygens (including phenoxy) is 1. The number of carbonyl (C=O) groups excluding carboxylic acids is 1. The van der Waals surface area contributed by atoms with Crippen molar-refractivity contribution in [3.63, 3.8) is 0 Å². The summed E-state index contributed by atoms with van der Waals surface area (Å²) in [6, 6.07) is 0. The summed E-state index contributed by atoms with van der Waals surface area (Å²) in [5.41, 5.74) is 0.0258. The van der Waals surface area contributed by atoms with Gasteiger partial charge in [0, 0.05) is 30.4 Å². The zero-order chi connectivity index (χ0) is 9.14. The Hall–Kier alpha value is -1.03. The van der Waals surface area contributed by atoms with Crippen molar-refractivity contribution < 1.29 is 9.53 Å². The Bertz CT molecular complexity index is 285. The zero-order valence-corrected chi connectivity index (χ0v) is 7.58. The first-order chi connectivity index (χ1) is 5.59. The molecule has 1 rings (SSSR count). The molecule has 0 bridgehead atoms. The summed E-state index contributed by atoms with van der Waals surface area (Å²) in [6.07, 6.45) is 3.05. The second-order valence-corrected chi connectivity index (χ2v) is 2.75. The van der Waals surface area contributed by atoms with Crippen LogP contribution in [0.2, 0.25) is 0 Å². The van der Waals surface area contributed by atoms with E-state index in [9.17, 15) is 4.79 Å². The van der Waals surface area contributed by atoms with Crippen LogP contribution in [0, 0.1) is 0 Å². The molecule has 0 aliphatic heterocycles. The number of halogens is 1. The van der Waals surface area contributed by atoms with Crippen LogP contribution < -0.4 is 0 Å². The van der Waals surface area contributed by atoms with Gasteiger partial charge in [0.05, 0.1) is 6.20 Å². The fraction of sp³-hybridized carbons (Fsp3) is 0.429. The van der Waals surface area contributed by atoms with Crippen LogP contribution in [0.25, 0.3) is 0 Å². The average molecular weight is 189 g/mol. The fourth-order valence-corrected chi connectivity index (χ4v) is 0.991. The molecule has 0 saturated carbocycles. The molecule has 1 heterocycles. The predicted octanol–water partition coefficient (Wildman–Crippen LogP) is 1.86. The van der Waals surface area contributed by atoms with Gasteiger partial charge < -0.3 is 4.74 Å². The SMILES string of the molecule is CC(OC(=O)Cl)c1cnn(C)c1. The first kappa shape index (κ1) is 9.06. The second kappa shape index (κ2) is 3.58. The highest BCUT2D eigenvalue weighted by atomic mass is 35.5. The summed E-state index contributed by atoms with van der Waals surface area (Å²) in [5.74, 6) is 0. The minimum Gasteiger partial charge on any atom is -0.446 e. The maximum atomic E-state index is 10.4. The molecule has 1 aromatic heterocycles. The molecule has 4 nitrogen and oxygen atoms in total. The molecule has 12 heavy (non-hydrogen) atoms. The van der Waals surface area contributed by atoms with Crippen LogP contribution in [-0.2, 0) is 11.8 Å². The van der Waals surface area contributed by atoms with Gasteiger partial charge in [-0.15, -0.1) is 0 Å². The zero-order valence-electron chi connectivity index (χ0n) is 6.82. The number of rotatable bonds is 2. The molecule has 0 aromatic carbocycles. The van der Waals surface area contributed by atoms with Gasteiger partial charge in [-0.2, -0.15) is 5.10 Å². The smallest absolute Gasteiger partial charge is 0.404 e. The number of aryl methyl sites for hydroxylation is 1. The summed E-state index contributed by atoms with van der Waals surface area (Å²) < 4.78 is 6.36. The quantitative estimate of drug-likeness (QED) is 0.666. The van der Waals surface area contributed by atoms with Crippen LogP contribution in [-0.4, -0.2) is 15.2 Å². The fourth-order valence-electron chi connectivity index (χ4n) is 0.857. The van der Waals surface area contributed by atoms with Gasteiger partial charge in [-0.1, -0.05) is 0 Å². The summed E-state index contributed by atoms with van der Waals surface area (Å²) in [5, 5.41) is 3.93. The van der Waals surface area contributed by atoms with E-state index >= 15 is 0 Å². The number of aromatic nitrogens is 2. The third kappa shape index (κ3) is 2.23. The summed E-state index contributed by atoms with van der Waals surface area (Å²) in [4.78, 5) is 10.4. The van der Waals surface area contributed by atoms with Crippen molar-refractivity contribution in [1.29, 1.82) is 0 Å². The first-order valence-electron chi connectivity index (χ1n) is 3.44. The highest BCUT2D eigenvalue weighted by Gasteiger charge is 2.10. The first-order valence-corrected chi connectivity index (χ1v) is 3.82. The molecule has 0 amide bonds. The molecule has 0 saturated heterocycles. The Morgan fingerprint density at radius 2 is 2.50 bits per heavy atom. The van der Waals surface area contributed by atoms with Crippen LogP contribution in [0.15, 0.2) is 12.4 Å². The Labute approximate surface area is 75.1 Å². The van der Waals surface area contributed by atoms with E-state index in [2.05, 4.69) is 5.10 Å². The van der Waals surface area contributed by atoms with Crippen molar-refractivity contribution in [3.8, 4) is 0 Å². The summed E-state index contributed by atoms with van der Waals surface area (Å²) >= 11 is 5.04. The van der Waals surface area contributed by atoms with E-state index in [1.54, 1.807) is 31.0 Å². The van der Waals surface area contributed by atoms with Gasteiger partial charge in [-0.3, -0.25) is 4.68 Å². The van der Waals surface area contributed by atoms with Gasteiger partial charge in [0.25, 0.3) is 0 Å². The lowest BCUT2D eigenvalue weighted by Crippen LogP contribution is -2.00. The highest BCUT2D eigenvalue weighted by Crippen LogP contribution is 2.16. The maximum Gasteiger partial charge on any atom is 0.404 e. The van der Waals surface area contributed by atoms with Gasteiger partial charge in [0.2, 0.25) is 0 Å². The topological polar surface area (TPSA) is 44.1 Å². The van der Waals surface area contributed by atoms with Crippen molar-refractivity contribution in [1.82, 2.24) is 9.78 Å². The molecule has 1 unspecified atom stereocenters. The van der Waals surface area contributed by atoms with Crippen LogP contribution in [0.5, 0.6) is 0 Å². The van der Waals surface area contributed by atoms with E-state index in [0.717, 1.165) is 5.56 Å². The molecular weight excluding hydrogens is 180 g/mol. The maximum absolute atomic E-state index is 10.4. The molecule has 0 aliphatic carbocycles. The van der Waals surface area contributed by atoms with Crippen LogP contribution in [0.3, 0.4) is 0 Å². The van der Waals surface area contributed by atoms with E-state index < -0.39 is 5.43 Å². The largest absolute Gasteiger partial charge is 0.446 e. The molecule has 1 aromatic rings. The lowest BCUT2D eigenvalue weighted by atomic mass is 10.2. The minimum absolute atomic E-state index is 0.344. The Balaban J connectivity index is 2.64. The normalized spacial score (nSPS) is 12.6. The predicted molar refractivity (Wildman–Crippen MR) is 44.0 cm³/mol. The molecule has 0 spiro atoms. The van der Waals surface area contributed by atoms with Crippen LogP contribution in [0.1, 0.15) is 18.6 Å². The molecule has 0 N–H and O–H groups in total. The average Bonchev–Trinajstić information content (AvgIpc) is 2.34. The molecule has 0 radical (unpaired) electrons. The summed E-state index contributed by atoms with van der Waals surface area (Å²) in [6.45, 7) is 1.73. The lowest BCUT2D eigenvalue weighted by molar-refractivity contribution is 0.132. The van der Waals surface area contributed by atoms with E-state index in [0.29, 0.717) is 0 Å². The van der Waals surface area contributed by atoms with Crippen molar-refractivity contribution in [2.24, 2.45) is 7.05 Å².